The van der Waals surface area contributed by atoms with Crippen LogP contribution in [-0.2, 0) is 6.54 Å². The van der Waals surface area contributed by atoms with Crippen LogP contribution in [0.25, 0.3) is 16.9 Å². The Bertz CT molecular complexity index is 913. The van der Waals surface area contributed by atoms with E-state index >= 15 is 0 Å². The van der Waals surface area contributed by atoms with Gasteiger partial charge in [-0.3, -0.25) is 9.80 Å². The van der Waals surface area contributed by atoms with Crippen molar-refractivity contribution in [3.63, 3.8) is 0 Å². The first-order valence-electron chi connectivity index (χ1n) is 9.66. The van der Waals surface area contributed by atoms with Crippen LogP contribution in [-0.4, -0.2) is 51.4 Å². The van der Waals surface area contributed by atoms with Crippen LogP contribution >= 0.6 is 0 Å². The van der Waals surface area contributed by atoms with Crippen molar-refractivity contribution in [1.82, 2.24) is 19.2 Å². The van der Waals surface area contributed by atoms with Crippen LogP contribution in [0.3, 0.4) is 0 Å². The zero-order valence-electron chi connectivity index (χ0n) is 15.6. The number of pyridine rings is 1. The SMILES string of the molecule is Cc1ccc(-c2nc3ccccn3c2CN2CC3CCC(C2)N3C)cc1. The number of piperazine rings is 1. The van der Waals surface area contributed by atoms with E-state index in [4.69, 9.17) is 4.98 Å². The molecule has 2 saturated heterocycles. The van der Waals surface area contributed by atoms with Gasteiger partial charge in [0.1, 0.15) is 5.65 Å². The fourth-order valence-electron chi connectivity index (χ4n) is 4.68. The van der Waals surface area contributed by atoms with Gasteiger partial charge in [0.25, 0.3) is 0 Å². The Morgan fingerprint density at radius 2 is 1.73 bits per heavy atom. The highest BCUT2D eigenvalue weighted by atomic mass is 15.3. The molecule has 134 valence electrons. The van der Waals surface area contributed by atoms with Crippen LogP contribution in [0.4, 0.5) is 0 Å². The summed E-state index contributed by atoms with van der Waals surface area (Å²) in [5.41, 5.74) is 5.98. The standard InChI is InChI=1S/C22H26N4/c1-16-6-8-17(9-7-16)22-20(26-12-4-3-5-21(26)23-22)15-25-13-18-10-11-19(14-25)24(18)2/h3-9,12,18-19H,10-11,13-15H2,1-2H3. The van der Waals surface area contributed by atoms with Gasteiger partial charge < -0.3 is 4.40 Å². The Balaban J connectivity index is 1.53. The highest BCUT2D eigenvalue weighted by Gasteiger charge is 2.37. The van der Waals surface area contributed by atoms with E-state index in [1.165, 1.54) is 42.8 Å². The number of hydrogen-bond donors (Lipinski definition) is 0. The lowest BCUT2D eigenvalue weighted by Crippen LogP contribution is -2.51. The van der Waals surface area contributed by atoms with Crippen molar-refractivity contribution in [2.75, 3.05) is 20.1 Å². The molecule has 0 amide bonds. The molecule has 4 nitrogen and oxygen atoms in total. The predicted octanol–water partition coefficient (Wildman–Crippen LogP) is 3.59. The molecule has 0 N–H and O–H groups in total. The van der Waals surface area contributed by atoms with Crippen molar-refractivity contribution in [3.8, 4) is 11.3 Å². The molecule has 1 aromatic carbocycles. The lowest BCUT2D eigenvalue weighted by atomic mass is 10.1. The summed E-state index contributed by atoms with van der Waals surface area (Å²) < 4.78 is 2.27. The first-order chi connectivity index (χ1) is 12.7. The molecular formula is C22H26N4. The van der Waals surface area contributed by atoms with Gasteiger partial charge in [-0.05, 0) is 38.9 Å². The smallest absolute Gasteiger partial charge is 0.137 e. The highest BCUT2D eigenvalue weighted by molar-refractivity contribution is 5.66. The lowest BCUT2D eigenvalue weighted by molar-refractivity contribution is 0.0828. The Morgan fingerprint density at radius 3 is 2.46 bits per heavy atom. The number of likely N-dealkylation sites (N-methyl/N-ethyl adjacent to an activating group) is 1. The molecule has 2 unspecified atom stereocenters. The third kappa shape index (κ3) is 2.65. The summed E-state index contributed by atoms with van der Waals surface area (Å²) in [6.45, 7) is 5.43. The molecule has 2 bridgehead atoms. The second-order valence-electron chi connectivity index (χ2n) is 7.95. The summed E-state index contributed by atoms with van der Waals surface area (Å²) in [6.07, 6.45) is 4.84. The van der Waals surface area contributed by atoms with E-state index in [0.717, 1.165) is 30.0 Å². The third-order valence-corrected chi connectivity index (χ3v) is 6.25. The van der Waals surface area contributed by atoms with Gasteiger partial charge >= 0.3 is 0 Å². The minimum absolute atomic E-state index is 0.718. The van der Waals surface area contributed by atoms with Gasteiger partial charge in [0.15, 0.2) is 0 Å². The van der Waals surface area contributed by atoms with Gasteiger partial charge in [-0.1, -0.05) is 35.9 Å². The van der Waals surface area contributed by atoms with Crippen LogP contribution < -0.4 is 0 Å². The molecule has 5 rings (SSSR count). The number of aryl methyl sites for hydroxylation is 1. The van der Waals surface area contributed by atoms with Gasteiger partial charge in [-0.25, -0.2) is 4.98 Å². The van der Waals surface area contributed by atoms with E-state index in [9.17, 15) is 0 Å². The number of hydrogen-bond acceptors (Lipinski definition) is 3. The maximum atomic E-state index is 4.97. The van der Waals surface area contributed by atoms with Gasteiger partial charge in [-0.2, -0.15) is 0 Å². The van der Waals surface area contributed by atoms with Gasteiger partial charge in [0, 0.05) is 43.5 Å². The number of aromatic nitrogens is 2. The van der Waals surface area contributed by atoms with Crippen molar-refractivity contribution in [2.24, 2.45) is 0 Å². The number of likely N-dealkylation sites (tertiary alicyclic amines) is 1. The van der Waals surface area contributed by atoms with E-state index in [-0.39, 0.29) is 0 Å². The Kier molecular flexibility index (Phi) is 3.84. The average molecular weight is 346 g/mol. The second kappa shape index (κ2) is 6.22. The summed E-state index contributed by atoms with van der Waals surface area (Å²) in [5.74, 6) is 0. The largest absolute Gasteiger partial charge is 0.302 e. The zero-order valence-corrected chi connectivity index (χ0v) is 15.6. The number of benzene rings is 1. The molecule has 2 fully saturated rings. The molecule has 2 aromatic heterocycles. The molecule has 26 heavy (non-hydrogen) atoms. The first kappa shape index (κ1) is 16.0. The summed E-state index contributed by atoms with van der Waals surface area (Å²) in [7, 11) is 2.30. The summed E-state index contributed by atoms with van der Waals surface area (Å²) in [4.78, 5) is 10.2. The summed E-state index contributed by atoms with van der Waals surface area (Å²) in [6, 6.07) is 16.5. The van der Waals surface area contributed by atoms with Crippen LogP contribution in [0, 0.1) is 6.92 Å². The van der Waals surface area contributed by atoms with Gasteiger partial charge in [0.2, 0.25) is 0 Å². The van der Waals surface area contributed by atoms with Crippen molar-refractivity contribution in [3.05, 3.63) is 59.9 Å². The van der Waals surface area contributed by atoms with Crippen LogP contribution in [0.15, 0.2) is 48.7 Å². The van der Waals surface area contributed by atoms with E-state index in [1.54, 1.807) is 0 Å². The second-order valence-corrected chi connectivity index (χ2v) is 7.95. The average Bonchev–Trinajstić information content (AvgIpc) is 3.08. The first-order valence-corrected chi connectivity index (χ1v) is 9.66. The van der Waals surface area contributed by atoms with E-state index < -0.39 is 0 Å². The van der Waals surface area contributed by atoms with Crippen molar-refractivity contribution in [2.45, 2.75) is 38.4 Å². The molecule has 0 aliphatic carbocycles. The molecule has 2 aliphatic rings. The number of nitrogens with zero attached hydrogens (tertiary/aromatic N) is 4. The molecular weight excluding hydrogens is 320 g/mol. The quantitative estimate of drug-likeness (QED) is 0.724. The van der Waals surface area contributed by atoms with Crippen LogP contribution in [0.5, 0.6) is 0 Å². The van der Waals surface area contributed by atoms with E-state index in [2.05, 4.69) is 76.8 Å². The minimum Gasteiger partial charge on any atom is -0.302 e. The summed E-state index contributed by atoms with van der Waals surface area (Å²) >= 11 is 0. The summed E-state index contributed by atoms with van der Waals surface area (Å²) in [5, 5.41) is 0. The monoisotopic (exact) mass is 346 g/mol. The molecule has 4 heteroatoms. The van der Waals surface area contributed by atoms with Crippen molar-refractivity contribution in [1.29, 1.82) is 0 Å². The fraction of sp³-hybridized carbons (Fsp3) is 0.409. The fourth-order valence-corrected chi connectivity index (χ4v) is 4.68. The van der Waals surface area contributed by atoms with Crippen LogP contribution in [0.2, 0.25) is 0 Å². The number of rotatable bonds is 3. The Labute approximate surface area is 155 Å². The topological polar surface area (TPSA) is 23.8 Å². The normalized spacial score (nSPS) is 23.8. The van der Waals surface area contributed by atoms with E-state index in [0.29, 0.717) is 0 Å². The highest BCUT2D eigenvalue weighted by Crippen LogP contribution is 2.31. The number of fused-ring (bicyclic) bond motifs is 3. The molecule has 2 aliphatic heterocycles. The van der Waals surface area contributed by atoms with Gasteiger partial charge in [0.05, 0.1) is 11.4 Å². The number of imidazole rings is 1. The van der Waals surface area contributed by atoms with E-state index in [1.807, 2.05) is 0 Å². The molecule has 0 radical (unpaired) electrons. The zero-order chi connectivity index (χ0) is 17.7. The van der Waals surface area contributed by atoms with Crippen LogP contribution in [0.1, 0.15) is 24.1 Å². The van der Waals surface area contributed by atoms with Gasteiger partial charge in [-0.15, -0.1) is 0 Å². The van der Waals surface area contributed by atoms with Crippen molar-refractivity contribution < 1.29 is 0 Å². The molecule has 2 atom stereocenters. The third-order valence-electron chi connectivity index (χ3n) is 6.25. The molecule has 3 aromatic rings. The maximum absolute atomic E-state index is 4.97. The predicted molar refractivity (Wildman–Crippen MR) is 105 cm³/mol. The minimum atomic E-state index is 0.718. The molecule has 0 spiro atoms. The lowest BCUT2D eigenvalue weighted by Gasteiger charge is -2.38. The Morgan fingerprint density at radius 1 is 1.00 bits per heavy atom. The van der Waals surface area contributed by atoms with Crippen molar-refractivity contribution >= 4 is 5.65 Å². The molecule has 4 heterocycles. The maximum Gasteiger partial charge on any atom is 0.137 e. The Hall–Kier alpha value is -2.17. The molecule has 0 saturated carbocycles.